The zero-order chi connectivity index (χ0) is 17.7. The highest BCUT2D eigenvalue weighted by Gasteiger charge is 2.26. The normalized spacial score (nSPS) is 18.8. The van der Waals surface area contributed by atoms with E-state index in [2.05, 4.69) is 4.72 Å². The largest absolute Gasteiger partial charge is 0.340 e. The van der Waals surface area contributed by atoms with Crippen LogP contribution in [0, 0.1) is 6.92 Å². The number of nitrogens with one attached hydrogen (secondary N) is 1. The molecule has 0 radical (unpaired) electrons. The van der Waals surface area contributed by atoms with E-state index in [1.165, 1.54) is 0 Å². The van der Waals surface area contributed by atoms with Crippen LogP contribution in [0.4, 0.5) is 0 Å². The fourth-order valence-electron chi connectivity index (χ4n) is 3.07. The summed E-state index contributed by atoms with van der Waals surface area (Å²) >= 11 is 1.15. The van der Waals surface area contributed by atoms with Gasteiger partial charge in [0.05, 0.1) is 6.26 Å². The zero-order valence-electron chi connectivity index (χ0n) is 14.2. The Bertz CT molecular complexity index is 723. The van der Waals surface area contributed by atoms with E-state index >= 15 is 0 Å². The minimum atomic E-state index is -3.20. The van der Waals surface area contributed by atoms with Crippen molar-refractivity contribution >= 4 is 27.3 Å². The van der Waals surface area contributed by atoms with Crippen molar-refractivity contribution in [2.75, 3.05) is 19.3 Å². The summed E-state index contributed by atoms with van der Waals surface area (Å²) < 4.78 is 26.4. The zero-order valence-corrected chi connectivity index (χ0v) is 15.8. The Hall–Kier alpha value is -1.19. The molecule has 2 rings (SSSR count). The molecule has 0 aliphatic carbocycles. The van der Waals surface area contributed by atoms with Gasteiger partial charge in [0.1, 0.15) is 0 Å². The first-order chi connectivity index (χ1) is 11.3. The van der Waals surface area contributed by atoms with Gasteiger partial charge in [-0.05, 0) is 32.6 Å². The molecule has 2 heterocycles. The van der Waals surface area contributed by atoms with Crippen LogP contribution in [-0.2, 0) is 21.4 Å². The smallest absolute Gasteiger partial charge is 0.307 e. The fraction of sp³-hybridized carbons (Fsp3) is 0.733. The molecule has 1 aliphatic heterocycles. The molecule has 1 aliphatic rings. The first kappa shape index (κ1) is 19.1. The summed E-state index contributed by atoms with van der Waals surface area (Å²) in [5.74, 6) is 0.0385. The molecule has 0 saturated carbocycles. The molecule has 1 saturated heterocycles. The van der Waals surface area contributed by atoms with Gasteiger partial charge >= 0.3 is 4.87 Å². The van der Waals surface area contributed by atoms with Crippen LogP contribution in [0.2, 0.25) is 0 Å². The average molecular weight is 376 g/mol. The van der Waals surface area contributed by atoms with Crippen molar-refractivity contribution < 1.29 is 13.2 Å². The number of piperidine rings is 1. The second kappa shape index (κ2) is 8.26. The van der Waals surface area contributed by atoms with Gasteiger partial charge in [0.15, 0.2) is 0 Å². The Morgan fingerprint density at radius 3 is 2.79 bits per heavy atom. The number of rotatable bonds is 7. The Balaban J connectivity index is 1.91. The molecule has 1 aromatic rings. The molecule has 0 bridgehead atoms. The number of aryl methyl sites for hydroxylation is 1. The highest BCUT2D eigenvalue weighted by molar-refractivity contribution is 7.88. The summed E-state index contributed by atoms with van der Waals surface area (Å²) in [6.07, 6.45) is 4.98. The number of sulfonamides is 1. The van der Waals surface area contributed by atoms with Crippen LogP contribution in [0.15, 0.2) is 10.2 Å². The molecular formula is C15H25N3O4S2. The van der Waals surface area contributed by atoms with Crippen LogP contribution in [0.25, 0.3) is 0 Å². The molecule has 1 N–H and O–H groups in total. The summed E-state index contributed by atoms with van der Waals surface area (Å²) in [7, 11) is -3.20. The third kappa shape index (κ3) is 5.42. The topological polar surface area (TPSA) is 88.5 Å². The quantitative estimate of drug-likeness (QED) is 0.768. The van der Waals surface area contributed by atoms with Gasteiger partial charge in [-0.2, -0.15) is 0 Å². The molecule has 136 valence electrons. The summed E-state index contributed by atoms with van der Waals surface area (Å²) in [6, 6.07) is 0.0702. The number of amides is 1. The van der Waals surface area contributed by atoms with Gasteiger partial charge in [-0.15, -0.1) is 0 Å². The second-order valence-electron chi connectivity index (χ2n) is 6.24. The lowest BCUT2D eigenvalue weighted by atomic mass is 9.99. The van der Waals surface area contributed by atoms with E-state index in [4.69, 9.17) is 0 Å². The Morgan fingerprint density at radius 2 is 2.17 bits per heavy atom. The summed E-state index contributed by atoms with van der Waals surface area (Å²) in [6.45, 7) is 3.32. The van der Waals surface area contributed by atoms with Gasteiger partial charge in [-0.1, -0.05) is 11.3 Å². The number of aromatic nitrogens is 1. The number of carbonyl (C=O) groups excluding carboxylic acids is 1. The number of carbonyl (C=O) groups is 1. The van der Waals surface area contributed by atoms with Crippen LogP contribution in [-0.4, -0.2) is 49.2 Å². The average Bonchev–Trinajstić information content (AvgIpc) is 2.83. The number of hydrogen-bond acceptors (Lipinski definition) is 5. The van der Waals surface area contributed by atoms with E-state index in [0.717, 1.165) is 42.5 Å². The maximum Gasteiger partial charge on any atom is 0.307 e. The van der Waals surface area contributed by atoms with E-state index in [9.17, 15) is 18.0 Å². The predicted molar refractivity (Wildman–Crippen MR) is 94.7 cm³/mol. The Kier molecular flexibility index (Phi) is 6.59. The molecule has 1 amide bonds. The lowest BCUT2D eigenvalue weighted by molar-refractivity contribution is -0.135. The fourth-order valence-corrected chi connectivity index (χ4v) is 4.32. The first-order valence-electron chi connectivity index (χ1n) is 8.17. The number of hydrogen-bond donors (Lipinski definition) is 1. The minimum Gasteiger partial charge on any atom is -0.340 e. The molecule has 1 fully saturated rings. The van der Waals surface area contributed by atoms with Crippen LogP contribution < -0.4 is 9.60 Å². The molecule has 1 atom stereocenters. The maximum atomic E-state index is 12.6. The lowest BCUT2D eigenvalue weighted by Gasteiger charge is -2.36. The van der Waals surface area contributed by atoms with Crippen LogP contribution in [0.1, 0.15) is 37.8 Å². The van der Waals surface area contributed by atoms with Gasteiger partial charge in [-0.3, -0.25) is 9.59 Å². The van der Waals surface area contributed by atoms with Gasteiger partial charge in [0, 0.05) is 43.2 Å². The van der Waals surface area contributed by atoms with E-state index in [-0.39, 0.29) is 16.8 Å². The van der Waals surface area contributed by atoms with Gasteiger partial charge in [0.2, 0.25) is 15.9 Å². The van der Waals surface area contributed by atoms with Crippen molar-refractivity contribution in [2.24, 2.45) is 0 Å². The number of nitrogens with zero attached hydrogens (tertiary/aromatic N) is 2. The number of thiazole rings is 1. The number of likely N-dealkylation sites (tertiary alicyclic amines) is 1. The highest BCUT2D eigenvalue weighted by Crippen LogP contribution is 2.20. The van der Waals surface area contributed by atoms with Crippen molar-refractivity contribution in [1.82, 2.24) is 14.2 Å². The molecule has 1 unspecified atom stereocenters. The van der Waals surface area contributed by atoms with E-state index in [1.54, 1.807) is 9.95 Å². The van der Waals surface area contributed by atoms with Gasteiger partial charge in [0.25, 0.3) is 0 Å². The van der Waals surface area contributed by atoms with E-state index in [0.29, 0.717) is 32.5 Å². The Labute approximate surface area is 146 Å². The van der Waals surface area contributed by atoms with Crippen molar-refractivity contribution in [3.63, 3.8) is 0 Å². The van der Waals surface area contributed by atoms with E-state index < -0.39 is 10.0 Å². The van der Waals surface area contributed by atoms with Crippen molar-refractivity contribution in [2.45, 2.75) is 51.6 Å². The maximum absolute atomic E-state index is 12.6. The highest BCUT2D eigenvalue weighted by atomic mass is 32.2. The van der Waals surface area contributed by atoms with Crippen LogP contribution in [0.3, 0.4) is 0 Å². The molecule has 9 heteroatoms. The van der Waals surface area contributed by atoms with Gasteiger partial charge in [-0.25, -0.2) is 13.1 Å². The minimum absolute atomic E-state index is 0.0344. The first-order valence-corrected chi connectivity index (χ1v) is 10.9. The summed E-state index contributed by atoms with van der Waals surface area (Å²) in [4.78, 5) is 26.1. The predicted octanol–water partition coefficient (Wildman–Crippen LogP) is 0.929. The van der Waals surface area contributed by atoms with Crippen LogP contribution in [0.5, 0.6) is 0 Å². The molecule has 0 aromatic carbocycles. The molecule has 0 spiro atoms. The molecular weight excluding hydrogens is 350 g/mol. The van der Waals surface area contributed by atoms with Crippen LogP contribution >= 0.6 is 11.3 Å². The lowest BCUT2D eigenvalue weighted by Crippen LogP contribution is -2.45. The molecule has 1 aromatic heterocycles. The monoisotopic (exact) mass is 375 g/mol. The Morgan fingerprint density at radius 1 is 1.42 bits per heavy atom. The second-order valence-corrected chi connectivity index (χ2v) is 8.89. The van der Waals surface area contributed by atoms with Crippen molar-refractivity contribution in [3.05, 3.63) is 20.7 Å². The summed E-state index contributed by atoms with van der Waals surface area (Å²) in [5, 5.41) is 1.80. The van der Waals surface area contributed by atoms with Gasteiger partial charge < -0.3 is 9.47 Å². The molecule has 24 heavy (non-hydrogen) atoms. The third-order valence-electron chi connectivity index (χ3n) is 4.32. The van der Waals surface area contributed by atoms with Crippen molar-refractivity contribution in [3.8, 4) is 0 Å². The van der Waals surface area contributed by atoms with E-state index in [1.807, 2.05) is 11.8 Å². The standard InChI is InChI=1S/C15H25N3O4S2/c1-12-11-23-15(20)17(12)10-7-14(19)18-9-4-3-5-13(18)6-8-16-24(2,21)22/h11,13,16H,3-10H2,1-2H3. The SMILES string of the molecule is Cc1csc(=O)n1CCC(=O)N1CCCCC1CCNS(C)(=O)=O. The third-order valence-corrected chi connectivity index (χ3v) is 5.92. The summed E-state index contributed by atoms with van der Waals surface area (Å²) in [5.41, 5.74) is 0.880. The van der Waals surface area contributed by atoms with Crippen molar-refractivity contribution in [1.29, 1.82) is 0 Å². The molecule has 7 nitrogen and oxygen atoms in total.